The number of carbonyl (C=O) groups excluding carboxylic acids is 2. The molecule has 2 aromatic rings. The van der Waals surface area contributed by atoms with E-state index in [4.69, 9.17) is 10.5 Å². The third-order valence-electron chi connectivity index (χ3n) is 3.68. The molecule has 1 unspecified atom stereocenters. The second-order valence-corrected chi connectivity index (χ2v) is 5.63. The number of aromatic nitrogens is 2. The van der Waals surface area contributed by atoms with Crippen LogP contribution in [0.25, 0.3) is 0 Å². The topological polar surface area (TPSA) is 107 Å². The number of hydrogen-bond donors (Lipinski definition) is 2. The van der Waals surface area contributed by atoms with Crippen LogP contribution in [0, 0.1) is 12.7 Å². The van der Waals surface area contributed by atoms with Crippen LogP contribution in [0.2, 0.25) is 0 Å². The lowest BCUT2D eigenvalue weighted by molar-refractivity contribution is -0.128. The fourth-order valence-electron chi connectivity index (χ4n) is 2.35. The Kier molecular flexibility index (Phi) is 6.60. The van der Waals surface area contributed by atoms with E-state index >= 15 is 0 Å². The van der Waals surface area contributed by atoms with Gasteiger partial charge < -0.3 is 15.8 Å². The monoisotopic (exact) mass is 360 g/mol. The highest BCUT2D eigenvalue weighted by Gasteiger charge is 2.20. The molecule has 0 fully saturated rings. The number of hydrogen-bond acceptors (Lipinski definition) is 5. The normalized spacial score (nSPS) is 11.7. The third kappa shape index (κ3) is 4.98. The summed E-state index contributed by atoms with van der Waals surface area (Å²) in [4.78, 5) is 31.8. The Bertz CT molecular complexity index is 798. The van der Waals surface area contributed by atoms with Crippen LogP contribution in [-0.2, 0) is 11.2 Å². The van der Waals surface area contributed by atoms with Crippen molar-refractivity contribution in [1.29, 1.82) is 0 Å². The lowest BCUT2D eigenvalue weighted by Gasteiger charge is -2.17. The largest absolute Gasteiger partial charge is 0.478 e. The second-order valence-electron chi connectivity index (χ2n) is 5.63. The molecule has 8 heteroatoms. The van der Waals surface area contributed by atoms with Crippen LogP contribution in [0.15, 0.2) is 30.5 Å². The van der Waals surface area contributed by atoms with Gasteiger partial charge in [0.2, 0.25) is 0 Å². The van der Waals surface area contributed by atoms with Gasteiger partial charge in [-0.3, -0.25) is 9.59 Å². The molecule has 7 nitrogen and oxygen atoms in total. The lowest BCUT2D eigenvalue weighted by atomic mass is 10.1. The van der Waals surface area contributed by atoms with Gasteiger partial charge in [0.15, 0.2) is 17.7 Å². The van der Waals surface area contributed by atoms with Crippen LogP contribution in [-0.4, -0.2) is 34.4 Å². The molecule has 26 heavy (non-hydrogen) atoms. The summed E-state index contributed by atoms with van der Waals surface area (Å²) in [6, 6.07) is 5.91. The zero-order valence-corrected chi connectivity index (χ0v) is 14.7. The Hall–Kier alpha value is -3.03. The summed E-state index contributed by atoms with van der Waals surface area (Å²) in [5.74, 6) is -0.994. The highest BCUT2D eigenvalue weighted by atomic mass is 19.1. The van der Waals surface area contributed by atoms with Crippen LogP contribution in [0.5, 0.6) is 5.75 Å². The Labute approximate surface area is 150 Å². The van der Waals surface area contributed by atoms with Crippen LogP contribution in [0.3, 0.4) is 0 Å². The molecule has 0 radical (unpaired) electrons. The number of benzene rings is 1. The molecule has 0 saturated heterocycles. The number of nitrogens with zero attached hydrogens (tertiary/aromatic N) is 2. The molecule has 138 valence electrons. The molecule has 0 saturated carbocycles. The molecule has 1 atom stereocenters. The Morgan fingerprint density at radius 3 is 2.73 bits per heavy atom. The Balaban J connectivity index is 1.96. The van der Waals surface area contributed by atoms with Gasteiger partial charge >= 0.3 is 0 Å². The van der Waals surface area contributed by atoms with Gasteiger partial charge in [-0.1, -0.05) is 19.1 Å². The van der Waals surface area contributed by atoms with Gasteiger partial charge in [0.1, 0.15) is 5.82 Å². The first kappa shape index (κ1) is 19.3. The maximum absolute atomic E-state index is 13.7. The van der Waals surface area contributed by atoms with Gasteiger partial charge in [-0.15, -0.1) is 0 Å². The predicted octanol–water partition coefficient (Wildman–Crippen LogP) is 1.54. The van der Waals surface area contributed by atoms with Gasteiger partial charge in [0.25, 0.3) is 11.8 Å². The fraction of sp³-hybridized carbons (Fsp3) is 0.333. The number of ether oxygens (including phenoxy) is 1. The van der Waals surface area contributed by atoms with Gasteiger partial charge in [-0.2, -0.15) is 0 Å². The SMILES string of the molecule is CCC(Oc1ccccc1F)C(=O)NCCc1nc(C)ncc1C(N)=O. The first-order valence-corrected chi connectivity index (χ1v) is 8.23. The van der Waals surface area contributed by atoms with Gasteiger partial charge in [0.05, 0.1) is 11.3 Å². The smallest absolute Gasteiger partial charge is 0.261 e. The molecular weight excluding hydrogens is 339 g/mol. The summed E-state index contributed by atoms with van der Waals surface area (Å²) in [5.41, 5.74) is 5.99. The Morgan fingerprint density at radius 2 is 2.08 bits per heavy atom. The summed E-state index contributed by atoms with van der Waals surface area (Å²) < 4.78 is 19.1. The Morgan fingerprint density at radius 1 is 1.35 bits per heavy atom. The molecule has 1 aromatic heterocycles. The molecule has 3 N–H and O–H groups in total. The number of rotatable bonds is 8. The van der Waals surface area contributed by atoms with Gasteiger partial charge in [-0.05, 0) is 25.5 Å². The van der Waals surface area contributed by atoms with Crippen LogP contribution >= 0.6 is 0 Å². The number of amides is 2. The maximum atomic E-state index is 13.7. The number of aryl methyl sites for hydroxylation is 1. The molecule has 0 aliphatic heterocycles. The van der Waals surface area contributed by atoms with Crippen LogP contribution < -0.4 is 15.8 Å². The number of nitrogens with one attached hydrogen (secondary N) is 1. The molecule has 1 heterocycles. The first-order valence-electron chi connectivity index (χ1n) is 8.23. The van der Waals surface area contributed by atoms with Crippen molar-refractivity contribution >= 4 is 11.8 Å². The third-order valence-corrected chi connectivity index (χ3v) is 3.68. The lowest BCUT2D eigenvalue weighted by Crippen LogP contribution is -2.39. The summed E-state index contributed by atoms with van der Waals surface area (Å²) in [5, 5.41) is 2.71. The highest BCUT2D eigenvalue weighted by molar-refractivity contribution is 5.93. The van der Waals surface area contributed by atoms with E-state index in [1.165, 1.54) is 18.3 Å². The summed E-state index contributed by atoms with van der Waals surface area (Å²) in [7, 11) is 0. The molecule has 1 aromatic carbocycles. The second kappa shape index (κ2) is 8.89. The zero-order valence-electron chi connectivity index (χ0n) is 14.7. The van der Waals surface area contributed by atoms with Crippen molar-refractivity contribution < 1.29 is 18.7 Å². The minimum absolute atomic E-state index is 0.0249. The highest BCUT2D eigenvalue weighted by Crippen LogP contribution is 2.18. The summed E-state index contributed by atoms with van der Waals surface area (Å²) >= 11 is 0. The van der Waals surface area contributed by atoms with Crippen molar-refractivity contribution in [3.63, 3.8) is 0 Å². The molecule has 2 rings (SSSR count). The minimum atomic E-state index is -0.824. The van der Waals surface area contributed by atoms with E-state index in [9.17, 15) is 14.0 Å². The van der Waals surface area contributed by atoms with E-state index < -0.39 is 17.8 Å². The predicted molar refractivity (Wildman–Crippen MR) is 93.1 cm³/mol. The van der Waals surface area contributed by atoms with E-state index in [0.29, 0.717) is 24.4 Å². The van der Waals surface area contributed by atoms with Crippen LogP contribution in [0.1, 0.15) is 35.2 Å². The van der Waals surface area contributed by atoms with E-state index in [1.807, 2.05) is 0 Å². The average Bonchev–Trinajstić information content (AvgIpc) is 2.60. The molecule has 0 spiro atoms. The van der Waals surface area contributed by atoms with Crippen LogP contribution in [0.4, 0.5) is 4.39 Å². The average molecular weight is 360 g/mol. The number of para-hydroxylation sites is 1. The minimum Gasteiger partial charge on any atom is -0.478 e. The van der Waals surface area contributed by atoms with E-state index in [0.717, 1.165) is 0 Å². The maximum Gasteiger partial charge on any atom is 0.261 e. The molecular formula is C18H21FN4O3. The van der Waals surface area contributed by atoms with E-state index in [2.05, 4.69) is 15.3 Å². The summed E-state index contributed by atoms with van der Waals surface area (Å²) in [6.45, 7) is 3.69. The van der Waals surface area contributed by atoms with Gasteiger partial charge in [0, 0.05) is 19.2 Å². The number of primary amides is 1. The van der Waals surface area contributed by atoms with E-state index in [-0.39, 0.29) is 23.8 Å². The summed E-state index contributed by atoms with van der Waals surface area (Å²) in [6.07, 6.45) is 1.23. The van der Waals surface area contributed by atoms with Crippen molar-refractivity contribution in [2.24, 2.45) is 5.73 Å². The van der Waals surface area contributed by atoms with Crippen molar-refractivity contribution in [2.45, 2.75) is 32.8 Å². The van der Waals surface area contributed by atoms with Crippen molar-refractivity contribution in [1.82, 2.24) is 15.3 Å². The molecule has 2 amide bonds. The first-order chi connectivity index (χ1) is 12.4. The standard InChI is InChI=1S/C18H21FN4O3/c1-3-15(26-16-7-5-4-6-13(16)19)18(25)21-9-8-14-12(17(20)24)10-22-11(2)23-14/h4-7,10,15H,3,8-9H2,1-2H3,(H2,20,24)(H,21,25). The van der Waals surface area contributed by atoms with E-state index in [1.54, 1.807) is 26.0 Å². The quantitative estimate of drug-likeness (QED) is 0.742. The van der Waals surface area contributed by atoms with Gasteiger partial charge in [-0.25, -0.2) is 14.4 Å². The van der Waals surface area contributed by atoms with Crippen molar-refractivity contribution in [3.05, 3.63) is 53.4 Å². The number of carbonyl (C=O) groups is 2. The molecule has 0 aliphatic rings. The number of halogens is 1. The zero-order chi connectivity index (χ0) is 19.1. The molecule has 0 aliphatic carbocycles. The van der Waals surface area contributed by atoms with Crippen molar-refractivity contribution in [2.75, 3.05) is 6.54 Å². The number of nitrogens with two attached hydrogens (primary N) is 1. The molecule has 0 bridgehead atoms. The fourth-order valence-corrected chi connectivity index (χ4v) is 2.35. The van der Waals surface area contributed by atoms with Crippen molar-refractivity contribution in [3.8, 4) is 5.75 Å².